The lowest BCUT2D eigenvalue weighted by Gasteiger charge is -2.35. The van der Waals surface area contributed by atoms with Crippen molar-refractivity contribution in [1.29, 1.82) is 0 Å². The van der Waals surface area contributed by atoms with Crippen LogP contribution in [-0.4, -0.2) is 55.8 Å². The molecule has 1 aliphatic heterocycles. The van der Waals surface area contributed by atoms with E-state index in [4.69, 9.17) is 9.47 Å². The molecule has 5 nitrogen and oxygen atoms in total. The number of nitrogens with one attached hydrogen (secondary N) is 1. The van der Waals surface area contributed by atoms with Crippen molar-refractivity contribution in [3.63, 3.8) is 0 Å². The number of halogens is 1. The van der Waals surface area contributed by atoms with E-state index in [1.165, 1.54) is 12.1 Å². The fraction of sp³-hybridized carbons (Fsp3) is 0.588. The first-order chi connectivity index (χ1) is 11.0. The summed E-state index contributed by atoms with van der Waals surface area (Å²) in [6.07, 6.45) is 1.37. The lowest BCUT2D eigenvalue weighted by Crippen LogP contribution is -2.46. The smallest absolute Gasteiger partial charge is 0.257 e. The Balaban J connectivity index is 1.59. The molecule has 0 bridgehead atoms. The molecule has 2 rings (SSSR count). The first-order valence-electron chi connectivity index (χ1n) is 8.06. The van der Waals surface area contributed by atoms with Gasteiger partial charge in [-0.1, -0.05) is 12.1 Å². The molecule has 6 heteroatoms. The maximum Gasteiger partial charge on any atom is 0.257 e. The fourth-order valence-corrected chi connectivity index (χ4v) is 2.75. The number of nitrogens with zero attached hydrogens (tertiary/aromatic N) is 1. The number of para-hydroxylation sites is 1. The van der Waals surface area contributed by atoms with E-state index in [9.17, 15) is 9.18 Å². The Hall–Kier alpha value is -1.66. The molecule has 23 heavy (non-hydrogen) atoms. The van der Waals surface area contributed by atoms with Gasteiger partial charge in [-0.25, -0.2) is 4.39 Å². The number of ether oxygens (including phenoxy) is 2. The monoisotopic (exact) mass is 324 g/mol. The molecule has 1 aromatic rings. The number of carbonyl (C=O) groups is 1. The van der Waals surface area contributed by atoms with Gasteiger partial charge >= 0.3 is 0 Å². The Morgan fingerprint density at radius 1 is 1.35 bits per heavy atom. The van der Waals surface area contributed by atoms with Gasteiger partial charge in [0, 0.05) is 26.2 Å². The molecule has 0 aliphatic carbocycles. The molecule has 0 radical (unpaired) electrons. The minimum absolute atomic E-state index is 0.0962. The predicted octanol–water partition coefficient (Wildman–Crippen LogP) is 1.82. The third-order valence-corrected chi connectivity index (χ3v) is 3.66. The van der Waals surface area contributed by atoms with Crippen LogP contribution in [0.5, 0.6) is 5.75 Å². The zero-order chi connectivity index (χ0) is 16.7. The molecular formula is C17H25FN2O3. The maximum atomic E-state index is 13.3. The summed E-state index contributed by atoms with van der Waals surface area (Å²) >= 11 is 0. The van der Waals surface area contributed by atoms with Gasteiger partial charge in [-0.15, -0.1) is 0 Å². The Morgan fingerprint density at radius 2 is 2.04 bits per heavy atom. The molecule has 1 N–H and O–H groups in total. The minimum atomic E-state index is -0.462. The summed E-state index contributed by atoms with van der Waals surface area (Å²) in [6, 6.07) is 6.05. The molecule has 128 valence electrons. The van der Waals surface area contributed by atoms with Crippen LogP contribution in [0.3, 0.4) is 0 Å². The van der Waals surface area contributed by atoms with E-state index < -0.39 is 5.82 Å². The Labute approximate surface area is 136 Å². The van der Waals surface area contributed by atoms with Crippen LogP contribution < -0.4 is 10.1 Å². The van der Waals surface area contributed by atoms with Gasteiger partial charge in [0.15, 0.2) is 18.2 Å². The van der Waals surface area contributed by atoms with Gasteiger partial charge < -0.3 is 14.8 Å². The Bertz CT molecular complexity index is 502. The van der Waals surface area contributed by atoms with Crippen LogP contribution in [0.25, 0.3) is 0 Å². The van der Waals surface area contributed by atoms with Crippen LogP contribution >= 0.6 is 0 Å². The molecule has 1 saturated heterocycles. The van der Waals surface area contributed by atoms with Crippen molar-refractivity contribution in [1.82, 2.24) is 10.2 Å². The van der Waals surface area contributed by atoms with Crippen molar-refractivity contribution in [2.75, 3.05) is 32.8 Å². The van der Waals surface area contributed by atoms with Gasteiger partial charge in [-0.2, -0.15) is 0 Å². The minimum Gasteiger partial charge on any atom is -0.481 e. The van der Waals surface area contributed by atoms with Gasteiger partial charge in [0.2, 0.25) is 0 Å². The molecule has 1 heterocycles. The molecule has 0 spiro atoms. The summed E-state index contributed by atoms with van der Waals surface area (Å²) in [4.78, 5) is 14.0. The third kappa shape index (κ3) is 6.15. The van der Waals surface area contributed by atoms with Gasteiger partial charge in [-0.3, -0.25) is 9.69 Å². The number of benzene rings is 1. The van der Waals surface area contributed by atoms with Crippen LogP contribution in [0.4, 0.5) is 4.39 Å². The lowest BCUT2D eigenvalue weighted by molar-refractivity contribution is -0.123. The molecule has 0 aromatic heterocycles. The predicted molar refractivity (Wildman–Crippen MR) is 86.0 cm³/mol. The van der Waals surface area contributed by atoms with E-state index in [-0.39, 0.29) is 30.5 Å². The van der Waals surface area contributed by atoms with Gasteiger partial charge in [0.25, 0.3) is 5.91 Å². The van der Waals surface area contributed by atoms with Gasteiger partial charge in [0.1, 0.15) is 0 Å². The molecule has 2 atom stereocenters. The number of hydrogen-bond donors (Lipinski definition) is 1. The highest BCUT2D eigenvalue weighted by Gasteiger charge is 2.21. The highest BCUT2D eigenvalue weighted by molar-refractivity contribution is 5.77. The van der Waals surface area contributed by atoms with Crippen LogP contribution in [0.2, 0.25) is 0 Å². The number of rotatable bonds is 7. The first kappa shape index (κ1) is 17.7. The van der Waals surface area contributed by atoms with Crippen molar-refractivity contribution < 1.29 is 18.7 Å². The molecule has 0 saturated carbocycles. The maximum absolute atomic E-state index is 13.3. The zero-order valence-corrected chi connectivity index (χ0v) is 13.8. The highest BCUT2D eigenvalue weighted by Crippen LogP contribution is 2.15. The topological polar surface area (TPSA) is 50.8 Å². The number of amides is 1. The van der Waals surface area contributed by atoms with E-state index in [2.05, 4.69) is 24.1 Å². The standard InChI is InChI=1S/C17H25FN2O3/c1-13-10-20(11-14(2)23-13)9-5-8-19-17(21)12-22-16-7-4-3-6-15(16)18/h3-4,6-7,13-14H,5,8-12H2,1-2H3,(H,19,21). The fourth-order valence-electron chi connectivity index (χ4n) is 2.75. The van der Waals surface area contributed by atoms with Crippen LogP contribution in [-0.2, 0) is 9.53 Å². The average molecular weight is 324 g/mol. The van der Waals surface area contributed by atoms with E-state index in [1.807, 2.05) is 0 Å². The number of morpholine rings is 1. The van der Waals surface area contributed by atoms with Crippen LogP contribution in [0.15, 0.2) is 24.3 Å². The average Bonchev–Trinajstić information content (AvgIpc) is 2.50. The largest absolute Gasteiger partial charge is 0.481 e. The quantitative estimate of drug-likeness (QED) is 0.778. The van der Waals surface area contributed by atoms with E-state index in [0.29, 0.717) is 6.54 Å². The summed E-state index contributed by atoms with van der Waals surface area (Å²) in [7, 11) is 0. The number of hydrogen-bond acceptors (Lipinski definition) is 4. The molecule has 1 aromatic carbocycles. The summed E-state index contributed by atoms with van der Waals surface area (Å²) in [5.41, 5.74) is 0. The van der Waals surface area contributed by atoms with Crippen molar-refractivity contribution in [3.05, 3.63) is 30.1 Å². The normalized spacial score (nSPS) is 21.9. The van der Waals surface area contributed by atoms with E-state index >= 15 is 0 Å². The summed E-state index contributed by atoms with van der Waals surface area (Å²) < 4.78 is 24.2. The SMILES string of the molecule is CC1CN(CCCNC(=O)COc2ccccc2F)CC(C)O1. The van der Waals surface area contributed by atoms with Gasteiger partial charge in [0.05, 0.1) is 12.2 Å². The second-order valence-corrected chi connectivity index (χ2v) is 5.94. The van der Waals surface area contributed by atoms with Crippen molar-refractivity contribution in [2.24, 2.45) is 0 Å². The number of carbonyl (C=O) groups excluding carboxylic acids is 1. The summed E-state index contributed by atoms with van der Waals surface area (Å²) in [5, 5.41) is 2.79. The highest BCUT2D eigenvalue weighted by atomic mass is 19.1. The van der Waals surface area contributed by atoms with E-state index in [0.717, 1.165) is 26.1 Å². The second-order valence-electron chi connectivity index (χ2n) is 5.94. The summed E-state index contributed by atoms with van der Waals surface area (Å²) in [5.74, 6) is -0.605. The first-order valence-corrected chi connectivity index (χ1v) is 8.06. The lowest BCUT2D eigenvalue weighted by atomic mass is 10.2. The third-order valence-electron chi connectivity index (χ3n) is 3.66. The molecule has 2 unspecified atom stereocenters. The Morgan fingerprint density at radius 3 is 2.74 bits per heavy atom. The van der Waals surface area contributed by atoms with Crippen molar-refractivity contribution >= 4 is 5.91 Å². The van der Waals surface area contributed by atoms with Gasteiger partial charge in [-0.05, 0) is 32.4 Å². The van der Waals surface area contributed by atoms with Crippen molar-refractivity contribution in [3.8, 4) is 5.75 Å². The molecule has 1 fully saturated rings. The van der Waals surface area contributed by atoms with Crippen LogP contribution in [0.1, 0.15) is 20.3 Å². The molecule has 1 aliphatic rings. The summed E-state index contributed by atoms with van der Waals surface area (Å²) in [6.45, 7) is 7.33. The Kier molecular flexibility index (Phi) is 6.80. The van der Waals surface area contributed by atoms with E-state index in [1.54, 1.807) is 12.1 Å². The molecule has 1 amide bonds. The zero-order valence-electron chi connectivity index (χ0n) is 13.8. The van der Waals surface area contributed by atoms with Crippen LogP contribution in [0, 0.1) is 5.82 Å². The van der Waals surface area contributed by atoms with Crippen molar-refractivity contribution in [2.45, 2.75) is 32.5 Å². The molecular weight excluding hydrogens is 299 g/mol. The second kappa shape index (κ2) is 8.84.